The maximum absolute atomic E-state index is 12.4. The molecule has 0 bridgehead atoms. The van der Waals surface area contributed by atoms with Crippen LogP contribution >= 0.6 is 0 Å². The standard InChI is InChI=1S/C21H17F3N6O5/c1-28-18-17(19(32)29(2)20(28)33)30(11-25-18)10-16(31)27-26-9-14-7-8-15(34-14)12-3-5-13(6-4-12)35-21(22,23)24/h3-9,11H,10H2,1-2H3,(H,27,31)/b26-9+. The van der Waals surface area contributed by atoms with Gasteiger partial charge in [0.15, 0.2) is 11.2 Å². The molecule has 3 aromatic heterocycles. The Morgan fingerprint density at radius 1 is 1.14 bits per heavy atom. The van der Waals surface area contributed by atoms with Gasteiger partial charge >= 0.3 is 12.1 Å². The number of hydrogen-bond acceptors (Lipinski definition) is 7. The van der Waals surface area contributed by atoms with Crippen LogP contribution in [-0.4, -0.2) is 37.2 Å². The number of halogens is 3. The Labute approximate surface area is 193 Å². The summed E-state index contributed by atoms with van der Waals surface area (Å²) in [7, 11) is 2.79. The van der Waals surface area contributed by atoms with Crippen molar-refractivity contribution in [3.05, 3.63) is 69.3 Å². The number of alkyl halides is 3. The Hall–Kier alpha value is -4.62. The maximum Gasteiger partial charge on any atom is 0.573 e. The normalized spacial score (nSPS) is 11.9. The summed E-state index contributed by atoms with van der Waals surface area (Å²) >= 11 is 0. The molecule has 11 nitrogen and oxygen atoms in total. The molecule has 14 heteroatoms. The second-order valence-corrected chi connectivity index (χ2v) is 7.32. The first kappa shape index (κ1) is 23.5. The van der Waals surface area contributed by atoms with E-state index in [0.29, 0.717) is 11.3 Å². The molecule has 0 saturated carbocycles. The van der Waals surface area contributed by atoms with E-state index in [9.17, 15) is 27.6 Å². The summed E-state index contributed by atoms with van der Waals surface area (Å²) in [5, 5.41) is 3.80. The smallest absolute Gasteiger partial charge is 0.455 e. The zero-order valence-corrected chi connectivity index (χ0v) is 18.2. The third-order valence-corrected chi connectivity index (χ3v) is 4.91. The molecule has 0 atom stereocenters. The fourth-order valence-corrected chi connectivity index (χ4v) is 3.27. The molecule has 0 radical (unpaired) electrons. The predicted molar refractivity (Wildman–Crippen MR) is 117 cm³/mol. The summed E-state index contributed by atoms with van der Waals surface area (Å²) in [5.41, 5.74) is 1.92. The molecule has 35 heavy (non-hydrogen) atoms. The van der Waals surface area contributed by atoms with Crippen LogP contribution in [-0.2, 0) is 25.4 Å². The number of benzene rings is 1. The van der Waals surface area contributed by atoms with Gasteiger partial charge in [-0.2, -0.15) is 5.10 Å². The highest BCUT2D eigenvalue weighted by molar-refractivity contribution is 5.82. The van der Waals surface area contributed by atoms with Gasteiger partial charge in [0.25, 0.3) is 11.5 Å². The van der Waals surface area contributed by atoms with Crippen LogP contribution in [0.25, 0.3) is 22.5 Å². The highest BCUT2D eigenvalue weighted by atomic mass is 19.4. The molecule has 0 aliphatic carbocycles. The number of hydrogen-bond donors (Lipinski definition) is 1. The first-order valence-electron chi connectivity index (χ1n) is 9.92. The number of rotatable bonds is 6. The molecular weight excluding hydrogens is 473 g/mol. The third-order valence-electron chi connectivity index (χ3n) is 4.91. The van der Waals surface area contributed by atoms with Gasteiger partial charge in [-0.05, 0) is 36.4 Å². The van der Waals surface area contributed by atoms with Crippen molar-refractivity contribution in [2.75, 3.05) is 0 Å². The summed E-state index contributed by atoms with van der Waals surface area (Å²) in [5.74, 6) is -0.290. The molecule has 0 saturated heterocycles. The van der Waals surface area contributed by atoms with Crippen molar-refractivity contribution >= 4 is 23.3 Å². The number of nitrogens with zero attached hydrogens (tertiary/aromatic N) is 5. The summed E-state index contributed by atoms with van der Waals surface area (Å²) in [6, 6.07) is 8.25. The quantitative estimate of drug-likeness (QED) is 0.324. The Morgan fingerprint density at radius 3 is 2.54 bits per heavy atom. The van der Waals surface area contributed by atoms with Crippen LogP contribution in [0, 0.1) is 0 Å². The summed E-state index contributed by atoms with van der Waals surface area (Å²) in [4.78, 5) is 40.7. The molecule has 3 heterocycles. The minimum atomic E-state index is -4.78. The molecule has 1 N–H and O–H groups in total. The number of carbonyl (C=O) groups excluding carboxylic acids is 1. The molecule has 4 aromatic rings. The van der Waals surface area contributed by atoms with Crippen LogP contribution in [0.2, 0.25) is 0 Å². The molecule has 182 valence electrons. The van der Waals surface area contributed by atoms with E-state index in [0.717, 1.165) is 16.7 Å². The number of imidazole rings is 1. The number of ether oxygens (including phenoxy) is 1. The van der Waals surface area contributed by atoms with E-state index in [4.69, 9.17) is 4.42 Å². The van der Waals surface area contributed by atoms with Crippen molar-refractivity contribution in [2.45, 2.75) is 12.9 Å². The van der Waals surface area contributed by atoms with Crippen LogP contribution < -0.4 is 21.4 Å². The second kappa shape index (κ2) is 8.96. The van der Waals surface area contributed by atoms with Crippen LogP contribution in [0.3, 0.4) is 0 Å². The molecule has 4 rings (SSSR count). The molecule has 1 amide bonds. The van der Waals surface area contributed by atoms with E-state index in [-0.39, 0.29) is 29.2 Å². The minimum absolute atomic E-state index is 0.0936. The van der Waals surface area contributed by atoms with Gasteiger partial charge in [-0.1, -0.05) is 0 Å². The first-order chi connectivity index (χ1) is 16.5. The van der Waals surface area contributed by atoms with Gasteiger partial charge in [0.05, 0.1) is 12.5 Å². The topological polar surface area (TPSA) is 126 Å². The van der Waals surface area contributed by atoms with Gasteiger partial charge in [-0.25, -0.2) is 15.2 Å². The largest absolute Gasteiger partial charge is 0.573 e. The van der Waals surface area contributed by atoms with Gasteiger partial charge in [0, 0.05) is 19.7 Å². The van der Waals surface area contributed by atoms with Crippen molar-refractivity contribution in [2.24, 2.45) is 19.2 Å². The Balaban J connectivity index is 1.41. The van der Waals surface area contributed by atoms with Crippen LogP contribution in [0.4, 0.5) is 13.2 Å². The summed E-state index contributed by atoms with van der Waals surface area (Å²) < 4.78 is 49.6. The maximum atomic E-state index is 12.4. The molecule has 1 aromatic carbocycles. The number of amides is 1. The number of carbonyl (C=O) groups is 1. The highest BCUT2D eigenvalue weighted by Crippen LogP contribution is 2.27. The average Bonchev–Trinajstić information content (AvgIpc) is 3.43. The lowest BCUT2D eigenvalue weighted by Crippen LogP contribution is -2.38. The van der Waals surface area contributed by atoms with Crippen molar-refractivity contribution in [3.8, 4) is 17.1 Å². The lowest BCUT2D eigenvalue weighted by molar-refractivity contribution is -0.274. The lowest BCUT2D eigenvalue weighted by Gasteiger charge is -2.08. The molecule has 0 spiro atoms. The SMILES string of the molecule is Cn1c(=O)c2c(ncn2CC(=O)N/N=C/c2ccc(-c3ccc(OC(F)(F)F)cc3)o2)n(C)c1=O. The zero-order chi connectivity index (χ0) is 25.3. The number of aryl methyl sites for hydroxylation is 1. The number of aromatic nitrogens is 4. The number of furan rings is 1. The number of fused-ring (bicyclic) bond motifs is 1. The highest BCUT2D eigenvalue weighted by Gasteiger charge is 2.31. The molecule has 0 aliphatic rings. The van der Waals surface area contributed by atoms with E-state index < -0.39 is 23.5 Å². The zero-order valence-electron chi connectivity index (χ0n) is 18.2. The monoisotopic (exact) mass is 490 g/mol. The fourth-order valence-electron chi connectivity index (χ4n) is 3.27. The van der Waals surface area contributed by atoms with Gasteiger partial charge in [0.1, 0.15) is 23.8 Å². The molecule has 0 fully saturated rings. The van der Waals surface area contributed by atoms with E-state index in [1.807, 2.05) is 0 Å². The molecular formula is C21H17F3N6O5. The van der Waals surface area contributed by atoms with Crippen molar-refractivity contribution in [1.29, 1.82) is 0 Å². The minimum Gasteiger partial charge on any atom is -0.455 e. The number of hydrazone groups is 1. The van der Waals surface area contributed by atoms with Crippen molar-refractivity contribution < 1.29 is 27.1 Å². The van der Waals surface area contributed by atoms with Crippen molar-refractivity contribution in [3.63, 3.8) is 0 Å². The Kier molecular flexibility index (Phi) is 6.03. The average molecular weight is 490 g/mol. The van der Waals surface area contributed by atoms with Gasteiger partial charge < -0.3 is 13.7 Å². The summed E-state index contributed by atoms with van der Waals surface area (Å²) in [6.45, 7) is -0.281. The third kappa shape index (κ3) is 5.00. The lowest BCUT2D eigenvalue weighted by atomic mass is 10.2. The van der Waals surface area contributed by atoms with Gasteiger partial charge in [-0.3, -0.25) is 18.7 Å². The van der Waals surface area contributed by atoms with E-state index in [2.05, 4.69) is 20.2 Å². The second-order valence-electron chi connectivity index (χ2n) is 7.32. The van der Waals surface area contributed by atoms with E-state index >= 15 is 0 Å². The Morgan fingerprint density at radius 2 is 1.86 bits per heavy atom. The van der Waals surface area contributed by atoms with E-state index in [1.165, 1.54) is 47.9 Å². The predicted octanol–water partition coefficient (Wildman–Crippen LogP) is 1.74. The van der Waals surface area contributed by atoms with Crippen LogP contribution in [0.15, 0.2) is 61.8 Å². The number of nitrogens with one attached hydrogen (secondary N) is 1. The van der Waals surface area contributed by atoms with Crippen LogP contribution in [0.5, 0.6) is 5.75 Å². The summed E-state index contributed by atoms with van der Waals surface area (Å²) in [6.07, 6.45) is -2.27. The Bertz CT molecular complexity index is 1540. The van der Waals surface area contributed by atoms with Crippen molar-refractivity contribution in [1.82, 2.24) is 24.1 Å². The fraction of sp³-hybridized carbons (Fsp3) is 0.190. The van der Waals surface area contributed by atoms with E-state index in [1.54, 1.807) is 12.1 Å². The molecule has 0 aliphatic heterocycles. The van der Waals surface area contributed by atoms with Gasteiger partial charge in [-0.15, -0.1) is 13.2 Å². The van der Waals surface area contributed by atoms with Crippen LogP contribution in [0.1, 0.15) is 5.76 Å². The first-order valence-corrected chi connectivity index (χ1v) is 9.92. The van der Waals surface area contributed by atoms with Gasteiger partial charge in [0.2, 0.25) is 0 Å². The molecule has 0 unspecified atom stereocenters.